The number of aryl methyl sites for hydroxylation is 1. The lowest BCUT2D eigenvalue weighted by Gasteiger charge is -2.22. The van der Waals surface area contributed by atoms with Gasteiger partial charge in [0.25, 0.3) is 5.56 Å². The van der Waals surface area contributed by atoms with Crippen LogP contribution in [0.5, 0.6) is 0 Å². The van der Waals surface area contributed by atoms with Crippen LogP contribution in [0, 0.1) is 0 Å². The van der Waals surface area contributed by atoms with Crippen molar-refractivity contribution in [3.05, 3.63) is 27.2 Å². The molecule has 7 heteroatoms. The summed E-state index contributed by atoms with van der Waals surface area (Å²) >= 11 is 0. The van der Waals surface area contributed by atoms with Gasteiger partial charge >= 0.3 is 5.69 Å². The number of aromatic nitrogens is 4. The van der Waals surface area contributed by atoms with Crippen molar-refractivity contribution in [3.63, 3.8) is 0 Å². The Kier molecular flexibility index (Phi) is 4.28. The van der Waals surface area contributed by atoms with E-state index in [0.29, 0.717) is 17.7 Å². The highest BCUT2D eigenvalue weighted by Gasteiger charge is 2.23. The zero-order valence-electron chi connectivity index (χ0n) is 14.0. The molecule has 7 nitrogen and oxygen atoms in total. The van der Waals surface area contributed by atoms with E-state index in [4.69, 9.17) is 5.73 Å². The van der Waals surface area contributed by atoms with Crippen LogP contribution in [-0.2, 0) is 13.1 Å². The van der Waals surface area contributed by atoms with Gasteiger partial charge in [0, 0.05) is 24.7 Å². The summed E-state index contributed by atoms with van der Waals surface area (Å²) in [6, 6.07) is -0.0389. The Morgan fingerprint density at radius 3 is 2.45 bits per heavy atom. The standard InChI is InChI=1S/C15H25N5O2/c1-6-10(3)20-12-11(18(7-2)9-17-12)13(21)19(14(20)22)8-15(4,5)16/h9-10H,6-8,16H2,1-5H3. The minimum Gasteiger partial charge on any atom is -0.325 e. The Morgan fingerprint density at radius 2 is 1.95 bits per heavy atom. The van der Waals surface area contributed by atoms with Crippen molar-refractivity contribution >= 4 is 11.2 Å². The lowest BCUT2D eigenvalue weighted by molar-refractivity contribution is 0.396. The van der Waals surface area contributed by atoms with Gasteiger partial charge in [-0.3, -0.25) is 13.9 Å². The topological polar surface area (TPSA) is 87.8 Å². The fourth-order valence-electron chi connectivity index (χ4n) is 2.57. The van der Waals surface area contributed by atoms with Gasteiger partial charge in [-0.05, 0) is 34.1 Å². The van der Waals surface area contributed by atoms with E-state index in [0.717, 1.165) is 6.42 Å². The van der Waals surface area contributed by atoms with Crippen molar-refractivity contribution in [1.82, 2.24) is 18.7 Å². The maximum absolute atomic E-state index is 12.8. The summed E-state index contributed by atoms with van der Waals surface area (Å²) in [6.07, 6.45) is 2.39. The highest BCUT2D eigenvalue weighted by molar-refractivity contribution is 5.70. The number of fused-ring (bicyclic) bond motifs is 1. The zero-order chi connectivity index (χ0) is 16.7. The second-order valence-electron chi connectivity index (χ2n) is 6.49. The van der Waals surface area contributed by atoms with Gasteiger partial charge in [0.15, 0.2) is 11.2 Å². The van der Waals surface area contributed by atoms with E-state index in [2.05, 4.69) is 4.98 Å². The SMILES string of the molecule is CCC(C)n1c(=O)n(CC(C)(C)N)c(=O)c2c1ncn2CC. The van der Waals surface area contributed by atoms with Gasteiger partial charge in [0.2, 0.25) is 0 Å². The van der Waals surface area contributed by atoms with Crippen molar-refractivity contribution in [2.24, 2.45) is 5.73 Å². The van der Waals surface area contributed by atoms with Gasteiger partial charge in [0.05, 0.1) is 6.33 Å². The molecular weight excluding hydrogens is 282 g/mol. The van der Waals surface area contributed by atoms with Crippen LogP contribution < -0.4 is 17.0 Å². The van der Waals surface area contributed by atoms with Gasteiger partial charge in [-0.25, -0.2) is 9.78 Å². The molecule has 0 saturated carbocycles. The van der Waals surface area contributed by atoms with Crippen molar-refractivity contribution in [2.45, 2.75) is 65.7 Å². The van der Waals surface area contributed by atoms with Crippen LogP contribution in [0.4, 0.5) is 0 Å². The molecule has 22 heavy (non-hydrogen) atoms. The fourth-order valence-corrected chi connectivity index (χ4v) is 2.57. The van der Waals surface area contributed by atoms with Crippen LogP contribution in [0.1, 0.15) is 47.1 Å². The van der Waals surface area contributed by atoms with Crippen molar-refractivity contribution < 1.29 is 0 Å². The van der Waals surface area contributed by atoms with Crippen molar-refractivity contribution in [2.75, 3.05) is 0 Å². The van der Waals surface area contributed by atoms with E-state index < -0.39 is 5.54 Å². The Morgan fingerprint density at radius 1 is 1.32 bits per heavy atom. The second kappa shape index (κ2) is 5.72. The third-order valence-corrected chi connectivity index (χ3v) is 3.87. The molecule has 2 N–H and O–H groups in total. The average Bonchev–Trinajstić information content (AvgIpc) is 2.86. The van der Waals surface area contributed by atoms with Gasteiger partial charge in [0.1, 0.15) is 0 Å². The van der Waals surface area contributed by atoms with Crippen LogP contribution >= 0.6 is 0 Å². The Hall–Kier alpha value is -1.89. The molecule has 1 unspecified atom stereocenters. The molecule has 2 aromatic heterocycles. The predicted octanol–water partition coefficient (Wildman–Crippen LogP) is 1.09. The van der Waals surface area contributed by atoms with E-state index in [1.165, 1.54) is 4.57 Å². The quantitative estimate of drug-likeness (QED) is 0.895. The molecule has 0 aliphatic carbocycles. The normalized spacial score (nSPS) is 13.7. The molecule has 0 saturated heterocycles. The number of rotatable bonds is 5. The second-order valence-corrected chi connectivity index (χ2v) is 6.49. The Labute approximate surface area is 129 Å². The molecule has 0 aliphatic rings. The molecule has 122 valence electrons. The van der Waals surface area contributed by atoms with Crippen molar-refractivity contribution in [3.8, 4) is 0 Å². The molecular formula is C15H25N5O2. The molecule has 0 bridgehead atoms. The molecule has 0 aromatic carbocycles. The van der Waals surface area contributed by atoms with Gasteiger partial charge in [-0.1, -0.05) is 6.92 Å². The van der Waals surface area contributed by atoms with Crippen LogP contribution in [0.25, 0.3) is 11.2 Å². The van der Waals surface area contributed by atoms with Gasteiger partial charge in [-0.15, -0.1) is 0 Å². The van der Waals surface area contributed by atoms with Gasteiger partial charge in [-0.2, -0.15) is 0 Å². The highest BCUT2D eigenvalue weighted by atomic mass is 16.2. The monoisotopic (exact) mass is 307 g/mol. The Balaban J connectivity index is 2.91. The summed E-state index contributed by atoms with van der Waals surface area (Å²) in [6.45, 7) is 10.3. The first-order valence-electron chi connectivity index (χ1n) is 7.70. The molecule has 2 rings (SSSR count). The molecule has 2 heterocycles. The van der Waals surface area contributed by atoms with E-state index >= 15 is 0 Å². The van der Waals surface area contributed by atoms with Crippen LogP contribution in [0.3, 0.4) is 0 Å². The number of hydrogen-bond acceptors (Lipinski definition) is 4. The summed E-state index contributed by atoms with van der Waals surface area (Å²) in [5, 5.41) is 0. The van der Waals surface area contributed by atoms with E-state index in [9.17, 15) is 9.59 Å². The first-order valence-corrected chi connectivity index (χ1v) is 7.70. The van der Waals surface area contributed by atoms with E-state index in [1.54, 1.807) is 29.3 Å². The van der Waals surface area contributed by atoms with Crippen molar-refractivity contribution in [1.29, 1.82) is 0 Å². The molecule has 2 aromatic rings. The predicted molar refractivity (Wildman–Crippen MR) is 87.2 cm³/mol. The number of nitrogens with two attached hydrogens (primary N) is 1. The highest BCUT2D eigenvalue weighted by Crippen LogP contribution is 2.14. The largest absolute Gasteiger partial charge is 0.333 e. The number of nitrogens with zero attached hydrogens (tertiary/aromatic N) is 4. The summed E-state index contributed by atoms with van der Waals surface area (Å²) in [5.41, 5.74) is 5.63. The van der Waals surface area contributed by atoms with E-state index in [1.807, 2.05) is 20.8 Å². The molecule has 0 radical (unpaired) electrons. The smallest absolute Gasteiger partial charge is 0.325 e. The van der Waals surface area contributed by atoms with Crippen LogP contribution in [0.2, 0.25) is 0 Å². The molecule has 0 aliphatic heterocycles. The zero-order valence-corrected chi connectivity index (χ0v) is 14.0. The lowest BCUT2D eigenvalue weighted by atomic mass is 10.1. The Bertz CT molecular complexity index is 791. The molecule has 1 atom stereocenters. The third-order valence-electron chi connectivity index (χ3n) is 3.87. The maximum atomic E-state index is 12.8. The minimum atomic E-state index is -0.652. The number of imidazole rings is 1. The molecule has 0 spiro atoms. The lowest BCUT2D eigenvalue weighted by Crippen LogP contribution is -2.48. The first kappa shape index (κ1) is 16.5. The van der Waals surface area contributed by atoms with Crippen LogP contribution in [0.15, 0.2) is 15.9 Å². The summed E-state index contributed by atoms with van der Waals surface area (Å²) in [5.74, 6) is 0. The van der Waals surface area contributed by atoms with Gasteiger partial charge < -0.3 is 10.3 Å². The van der Waals surface area contributed by atoms with Crippen LogP contribution in [-0.4, -0.2) is 24.2 Å². The molecule has 0 amide bonds. The van der Waals surface area contributed by atoms with E-state index in [-0.39, 0.29) is 23.8 Å². The first-order chi connectivity index (χ1) is 10.2. The summed E-state index contributed by atoms with van der Waals surface area (Å²) in [4.78, 5) is 29.9. The summed E-state index contributed by atoms with van der Waals surface area (Å²) in [7, 11) is 0. The molecule has 0 fully saturated rings. The maximum Gasteiger partial charge on any atom is 0.333 e. The minimum absolute atomic E-state index is 0.0389. The average molecular weight is 307 g/mol. The number of hydrogen-bond donors (Lipinski definition) is 1. The third kappa shape index (κ3) is 2.72. The fraction of sp³-hybridized carbons (Fsp3) is 0.667. The summed E-state index contributed by atoms with van der Waals surface area (Å²) < 4.78 is 4.62.